The Kier molecular flexibility index (Phi) is 4.63. The lowest BCUT2D eigenvalue weighted by molar-refractivity contribution is 0.0339. The fourth-order valence-electron chi connectivity index (χ4n) is 3.91. The Morgan fingerprint density at radius 3 is 2.77 bits per heavy atom. The van der Waals surface area contributed by atoms with E-state index in [1.165, 1.54) is 0 Å². The van der Waals surface area contributed by atoms with Gasteiger partial charge in [-0.2, -0.15) is 5.10 Å². The van der Waals surface area contributed by atoms with Gasteiger partial charge < -0.3 is 15.3 Å². The molecule has 1 aliphatic carbocycles. The van der Waals surface area contributed by atoms with E-state index in [0.717, 1.165) is 44.3 Å². The summed E-state index contributed by atoms with van der Waals surface area (Å²) in [5.74, 6) is 0.947. The van der Waals surface area contributed by atoms with Gasteiger partial charge in [0.15, 0.2) is 0 Å². The van der Waals surface area contributed by atoms with E-state index in [9.17, 15) is 9.90 Å². The molecule has 138 valence electrons. The molecule has 7 heteroatoms. The van der Waals surface area contributed by atoms with Crippen molar-refractivity contribution in [1.82, 2.24) is 19.7 Å². The predicted octanol–water partition coefficient (Wildman–Crippen LogP) is 1.98. The minimum absolute atomic E-state index is 0.0212. The first-order valence-corrected chi connectivity index (χ1v) is 9.29. The minimum Gasteiger partial charge on any atom is -0.393 e. The first kappa shape index (κ1) is 17.0. The van der Waals surface area contributed by atoms with Crippen molar-refractivity contribution in [3.63, 3.8) is 0 Å². The summed E-state index contributed by atoms with van der Waals surface area (Å²) < 4.78 is 1.77. The molecular weight excluding hydrogens is 330 g/mol. The molecule has 2 aromatic heterocycles. The molecule has 26 heavy (non-hydrogen) atoms. The van der Waals surface area contributed by atoms with Crippen LogP contribution in [0.2, 0.25) is 0 Å². The highest BCUT2D eigenvalue weighted by Gasteiger charge is 2.36. The van der Waals surface area contributed by atoms with Crippen molar-refractivity contribution < 1.29 is 9.90 Å². The van der Waals surface area contributed by atoms with Gasteiger partial charge in [-0.15, -0.1) is 0 Å². The standard InChI is InChI=1S/C19H25N5O2/c1-23-12-14(11-21-23)17(13-9-15(25)10-13)22-18-16(5-4-6-20-18)19(26)24-7-2-3-8-24/h4-6,11-13,15,17,25H,2-3,7-10H2,1H3,(H,20,22). The molecule has 1 amide bonds. The Morgan fingerprint density at radius 2 is 2.12 bits per heavy atom. The van der Waals surface area contributed by atoms with Crippen LogP contribution < -0.4 is 5.32 Å². The number of nitrogens with one attached hydrogen (secondary N) is 1. The third-order valence-electron chi connectivity index (χ3n) is 5.43. The van der Waals surface area contributed by atoms with E-state index < -0.39 is 0 Å². The number of nitrogens with zero attached hydrogens (tertiary/aromatic N) is 4. The van der Waals surface area contributed by atoms with Crippen LogP contribution in [0.1, 0.15) is 47.6 Å². The molecule has 1 saturated carbocycles. The first-order chi connectivity index (χ1) is 12.6. The third-order valence-corrected chi connectivity index (χ3v) is 5.43. The summed E-state index contributed by atoms with van der Waals surface area (Å²) in [4.78, 5) is 19.2. The number of aryl methyl sites for hydroxylation is 1. The van der Waals surface area contributed by atoms with Crippen molar-refractivity contribution in [2.45, 2.75) is 37.8 Å². The molecule has 0 bridgehead atoms. The van der Waals surface area contributed by atoms with Crippen molar-refractivity contribution in [3.8, 4) is 0 Å². The number of aliphatic hydroxyl groups excluding tert-OH is 1. The molecule has 1 aliphatic heterocycles. The van der Waals surface area contributed by atoms with E-state index in [0.29, 0.717) is 17.3 Å². The summed E-state index contributed by atoms with van der Waals surface area (Å²) in [5.41, 5.74) is 1.66. The fraction of sp³-hybridized carbons (Fsp3) is 0.526. The molecule has 2 fully saturated rings. The number of hydrogen-bond donors (Lipinski definition) is 2. The molecule has 4 rings (SSSR count). The molecule has 1 saturated heterocycles. The Bertz CT molecular complexity index is 778. The second-order valence-corrected chi connectivity index (χ2v) is 7.35. The number of rotatable bonds is 5. The zero-order valence-corrected chi connectivity index (χ0v) is 15.0. The van der Waals surface area contributed by atoms with E-state index in [4.69, 9.17) is 0 Å². The predicted molar refractivity (Wildman–Crippen MR) is 97.7 cm³/mol. The number of amides is 1. The second kappa shape index (κ2) is 7.07. The van der Waals surface area contributed by atoms with E-state index in [2.05, 4.69) is 15.4 Å². The van der Waals surface area contributed by atoms with Gasteiger partial charge in [-0.1, -0.05) is 0 Å². The monoisotopic (exact) mass is 355 g/mol. The van der Waals surface area contributed by atoms with Crippen molar-refractivity contribution in [2.75, 3.05) is 18.4 Å². The lowest BCUT2D eigenvalue weighted by atomic mass is 9.75. The lowest BCUT2D eigenvalue weighted by Gasteiger charge is -2.38. The largest absolute Gasteiger partial charge is 0.393 e. The highest BCUT2D eigenvalue weighted by atomic mass is 16.3. The molecule has 0 radical (unpaired) electrons. The normalized spacial score (nSPS) is 23.5. The average Bonchev–Trinajstić information content (AvgIpc) is 3.29. The van der Waals surface area contributed by atoms with Crippen LogP contribution in [0.4, 0.5) is 5.82 Å². The molecule has 3 heterocycles. The fourth-order valence-corrected chi connectivity index (χ4v) is 3.91. The highest BCUT2D eigenvalue weighted by molar-refractivity contribution is 5.98. The molecule has 2 aliphatic rings. The van der Waals surface area contributed by atoms with Gasteiger partial charge in [0, 0.05) is 38.1 Å². The van der Waals surface area contributed by atoms with Crippen molar-refractivity contribution in [2.24, 2.45) is 13.0 Å². The van der Waals surface area contributed by atoms with Gasteiger partial charge in [0.2, 0.25) is 0 Å². The maximum atomic E-state index is 12.9. The molecule has 7 nitrogen and oxygen atoms in total. The number of carbonyl (C=O) groups excluding carboxylic acids is 1. The number of pyridine rings is 1. The number of aromatic nitrogens is 3. The molecule has 1 atom stereocenters. The zero-order chi connectivity index (χ0) is 18.1. The molecule has 2 aromatic rings. The molecular formula is C19H25N5O2. The van der Waals surface area contributed by atoms with Gasteiger partial charge in [-0.25, -0.2) is 4.98 Å². The van der Waals surface area contributed by atoms with Crippen LogP contribution in [0.25, 0.3) is 0 Å². The molecule has 0 spiro atoms. The smallest absolute Gasteiger partial charge is 0.257 e. The SMILES string of the molecule is Cn1cc(C(Nc2ncccc2C(=O)N2CCCC2)C2CC(O)C2)cn1. The van der Waals surface area contributed by atoms with Gasteiger partial charge in [0.25, 0.3) is 5.91 Å². The van der Waals surface area contributed by atoms with E-state index in [-0.39, 0.29) is 18.1 Å². The van der Waals surface area contributed by atoms with Crippen LogP contribution in [-0.4, -0.2) is 49.9 Å². The maximum absolute atomic E-state index is 12.9. The Hall–Kier alpha value is -2.41. The van der Waals surface area contributed by atoms with Crippen LogP contribution in [0.3, 0.4) is 0 Å². The Morgan fingerprint density at radius 1 is 1.35 bits per heavy atom. The Balaban J connectivity index is 1.60. The van der Waals surface area contributed by atoms with Crippen LogP contribution in [0.15, 0.2) is 30.7 Å². The van der Waals surface area contributed by atoms with Gasteiger partial charge >= 0.3 is 0 Å². The average molecular weight is 355 g/mol. The highest BCUT2D eigenvalue weighted by Crippen LogP contribution is 2.40. The summed E-state index contributed by atoms with van der Waals surface area (Å²) in [6.45, 7) is 1.63. The maximum Gasteiger partial charge on any atom is 0.257 e. The van der Waals surface area contributed by atoms with Gasteiger partial charge in [0.1, 0.15) is 5.82 Å². The van der Waals surface area contributed by atoms with Gasteiger partial charge in [-0.05, 0) is 43.7 Å². The van der Waals surface area contributed by atoms with Crippen LogP contribution in [-0.2, 0) is 7.05 Å². The number of anilines is 1. The van der Waals surface area contributed by atoms with Crippen LogP contribution in [0, 0.1) is 5.92 Å². The second-order valence-electron chi connectivity index (χ2n) is 7.35. The summed E-state index contributed by atoms with van der Waals surface area (Å²) in [6.07, 6.45) is 8.90. The number of hydrogen-bond acceptors (Lipinski definition) is 5. The zero-order valence-electron chi connectivity index (χ0n) is 15.0. The topological polar surface area (TPSA) is 83.3 Å². The molecule has 1 unspecified atom stereocenters. The summed E-state index contributed by atoms with van der Waals surface area (Å²) in [5, 5.41) is 17.5. The van der Waals surface area contributed by atoms with E-state index >= 15 is 0 Å². The van der Waals surface area contributed by atoms with Crippen molar-refractivity contribution in [3.05, 3.63) is 41.9 Å². The summed E-state index contributed by atoms with van der Waals surface area (Å²) in [6, 6.07) is 3.62. The summed E-state index contributed by atoms with van der Waals surface area (Å²) in [7, 11) is 1.89. The van der Waals surface area contributed by atoms with E-state index in [1.54, 1.807) is 16.9 Å². The molecule has 0 aromatic carbocycles. The molecule has 2 N–H and O–H groups in total. The number of likely N-dealkylation sites (tertiary alicyclic amines) is 1. The first-order valence-electron chi connectivity index (χ1n) is 9.29. The number of aliphatic hydroxyl groups is 1. The van der Waals surface area contributed by atoms with E-state index in [1.807, 2.05) is 30.4 Å². The van der Waals surface area contributed by atoms with Gasteiger partial charge in [-0.3, -0.25) is 9.48 Å². The van der Waals surface area contributed by atoms with Crippen molar-refractivity contribution >= 4 is 11.7 Å². The minimum atomic E-state index is -0.240. The third kappa shape index (κ3) is 3.31. The van der Waals surface area contributed by atoms with Crippen LogP contribution in [0.5, 0.6) is 0 Å². The van der Waals surface area contributed by atoms with Crippen molar-refractivity contribution in [1.29, 1.82) is 0 Å². The quantitative estimate of drug-likeness (QED) is 0.857. The van der Waals surface area contributed by atoms with Gasteiger partial charge in [0.05, 0.1) is 23.9 Å². The van der Waals surface area contributed by atoms with Crippen LogP contribution >= 0.6 is 0 Å². The number of carbonyl (C=O) groups is 1. The summed E-state index contributed by atoms with van der Waals surface area (Å²) >= 11 is 0. The Labute approximate surface area is 153 Å². The lowest BCUT2D eigenvalue weighted by Crippen LogP contribution is -2.36.